The van der Waals surface area contributed by atoms with E-state index in [-0.39, 0.29) is 24.1 Å². The number of aromatic nitrogens is 4. The van der Waals surface area contributed by atoms with Crippen molar-refractivity contribution in [3.8, 4) is 17.5 Å². The van der Waals surface area contributed by atoms with Crippen LogP contribution in [0.1, 0.15) is 49.0 Å². The van der Waals surface area contributed by atoms with E-state index in [2.05, 4.69) is 25.7 Å². The third-order valence-electron chi connectivity index (χ3n) is 5.81. The molecular weight excluding hydrogens is 428 g/mol. The molecule has 1 amide bonds. The lowest BCUT2D eigenvalue weighted by molar-refractivity contribution is 0.0935. The molecule has 2 N–H and O–H groups in total. The minimum Gasteiger partial charge on any atom is -0.381 e. The number of nitriles is 1. The SMILES string of the molecule is CC(C)C(F)CNC(=O)c1cnc(-c2cnc3cc(C#N)cnn23)cc1NC1CCC(F)C1. The Morgan fingerprint density at radius 3 is 2.79 bits per heavy atom. The molecule has 0 aliphatic heterocycles. The minimum absolute atomic E-state index is 0.105. The molecule has 3 heterocycles. The summed E-state index contributed by atoms with van der Waals surface area (Å²) in [6.45, 7) is 3.39. The summed E-state index contributed by atoms with van der Waals surface area (Å²) < 4.78 is 29.3. The Bertz CT molecular complexity index is 1200. The van der Waals surface area contributed by atoms with E-state index in [0.29, 0.717) is 47.5 Å². The second-order valence-corrected chi connectivity index (χ2v) is 8.61. The third kappa shape index (κ3) is 4.92. The predicted molar refractivity (Wildman–Crippen MR) is 119 cm³/mol. The van der Waals surface area contributed by atoms with Gasteiger partial charge in [0.15, 0.2) is 5.65 Å². The lowest BCUT2D eigenvalue weighted by atomic mass is 10.1. The number of halogens is 2. The zero-order chi connectivity index (χ0) is 23.5. The van der Waals surface area contributed by atoms with Gasteiger partial charge < -0.3 is 10.6 Å². The number of carbonyl (C=O) groups is 1. The molecule has 3 aromatic rings. The van der Waals surface area contributed by atoms with Crippen LogP contribution in [0.4, 0.5) is 14.5 Å². The summed E-state index contributed by atoms with van der Waals surface area (Å²) in [6, 6.07) is 5.21. The van der Waals surface area contributed by atoms with Crippen LogP contribution in [0.2, 0.25) is 0 Å². The van der Waals surface area contributed by atoms with Gasteiger partial charge in [0.25, 0.3) is 5.91 Å². The zero-order valence-corrected chi connectivity index (χ0v) is 18.4. The van der Waals surface area contributed by atoms with Crippen LogP contribution in [0.3, 0.4) is 0 Å². The first-order chi connectivity index (χ1) is 15.9. The number of nitrogens with zero attached hydrogens (tertiary/aromatic N) is 5. The van der Waals surface area contributed by atoms with Gasteiger partial charge in [-0.3, -0.25) is 9.78 Å². The van der Waals surface area contributed by atoms with E-state index >= 15 is 0 Å². The van der Waals surface area contributed by atoms with Gasteiger partial charge in [0.05, 0.1) is 34.9 Å². The molecular formula is C23H25F2N7O. The van der Waals surface area contributed by atoms with Gasteiger partial charge in [-0.1, -0.05) is 13.8 Å². The number of amides is 1. The van der Waals surface area contributed by atoms with Crippen LogP contribution in [0.25, 0.3) is 17.0 Å². The number of hydrogen-bond acceptors (Lipinski definition) is 6. The first-order valence-electron chi connectivity index (χ1n) is 10.9. The second-order valence-electron chi connectivity index (χ2n) is 8.61. The number of carbonyl (C=O) groups excluding carboxylic acids is 1. The fourth-order valence-corrected chi connectivity index (χ4v) is 3.81. The lowest BCUT2D eigenvalue weighted by Gasteiger charge is -2.18. The molecule has 4 rings (SSSR count). The summed E-state index contributed by atoms with van der Waals surface area (Å²) >= 11 is 0. The number of imidazole rings is 1. The predicted octanol–water partition coefficient (Wildman–Crippen LogP) is 3.69. The zero-order valence-electron chi connectivity index (χ0n) is 18.4. The van der Waals surface area contributed by atoms with Gasteiger partial charge in [-0.25, -0.2) is 18.3 Å². The maximum atomic E-state index is 14.0. The summed E-state index contributed by atoms with van der Waals surface area (Å²) in [5, 5.41) is 19.2. The number of anilines is 1. The Labute approximate surface area is 190 Å². The van der Waals surface area contributed by atoms with Gasteiger partial charge in [-0.15, -0.1) is 0 Å². The summed E-state index contributed by atoms with van der Waals surface area (Å²) in [5.74, 6) is -0.669. The van der Waals surface area contributed by atoms with Crippen LogP contribution in [-0.2, 0) is 0 Å². The molecule has 0 aromatic carbocycles. The number of hydrogen-bond donors (Lipinski definition) is 2. The normalized spacial score (nSPS) is 18.9. The number of alkyl halides is 2. The Morgan fingerprint density at radius 2 is 2.09 bits per heavy atom. The molecule has 1 aliphatic rings. The molecule has 1 aliphatic carbocycles. The highest BCUT2D eigenvalue weighted by atomic mass is 19.1. The van der Waals surface area contributed by atoms with E-state index in [1.807, 2.05) is 6.07 Å². The van der Waals surface area contributed by atoms with Crippen LogP contribution in [-0.4, -0.2) is 50.4 Å². The lowest BCUT2D eigenvalue weighted by Crippen LogP contribution is -2.33. The number of fused-ring (bicyclic) bond motifs is 1. The number of rotatable bonds is 7. The molecule has 1 saturated carbocycles. The molecule has 33 heavy (non-hydrogen) atoms. The highest BCUT2D eigenvalue weighted by Gasteiger charge is 2.26. The summed E-state index contributed by atoms with van der Waals surface area (Å²) in [4.78, 5) is 21.5. The van der Waals surface area contributed by atoms with Gasteiger partial charge in [-0.2, -0.15) is 10.4 Å². The Kier molecular flexibility index (Phi) is 6.49. The molecule has 0 bridgehead atoms. The van der Waals surface area contributed by atoms with Crippen molar-refractivity contribution >= 4 is 17.2 Å². The largest absolute Gasteiger partial charge is 0.381 e. The van der Waals surface area contributed by atoms with E-state index in [1.54, 1.807) is 36.7 Å². The van der Waals surface area contributed by atoms with E-state index in [0.717, 1.165) is 0 Å². The van der Waals surface area contributed by atoms with Crippen molar-refractivity contribution in [2.45, 2.75) is 51.5 Å². The Balaban J connectivity index is 1.66. The first-order valence-corrected chi connectivity index (χ1v) is 10.9. The maximum absolute atomic E-state index is 14.0. The van der Waals surface area contributed by atoms with Gasteiger partial charge >= 0.3 is 0 Å². The van der Waals surface area contributed by atoms with E-state index in [4.69, 9.17) is 5.26 Å². The van der Waals surface area contributed by atoms with E-state index in [1.165, 1.54) is 12.4 Å². The first kappa shape index (κ1) is 22.6. The minimum atomic E-state index is -1.16. The molecule has 0 saturated heterocycles. The average Bonchev–Trinajstić information content (AvgIpc) is 3.42. The second kappa shape index (κ2) is 9.48. The molecule has 10 heteroatoms. The van der Waals surface area contributed by atoms with Crippen molar-refractivity contribution in [3.63, 3.8) is 0 Å². The van der Waals surface area contributed by atoms with Crippen LogP contribution >= 0.6 is 0 Å². The standard InChI is InChI=1S/C23H25F2N7O/c1-13(2)18(25)11-29-23(33)17-10-27-20(7-19(17)31-16-4-3-15(24)6-16)21-12-28-22-5-14(8-26)9-30-32(21)22/h5,7,9-10,12-13,15-16,18H,3-4,6,11H2,1-2H3,(H,27,31)(H,29,33). The van der Waals surface area contributed by atoms with Crippen molar-refractivity contribution in [2.24, 2.45) is 5.92 Å². The van der Waals surface area contributed by atoms with E-state index in [9.17, 15) is 13.6 Å². The third-order valence-corrected chi connectivity index (χ3v) is 5.81. The molecule has 3 unspecified atom stereocenters. The van der Waals surface area contributed by atoms with E-state index < -0.39 is 18.3 Å². The molecule has 8 nitrogen and oxygen atoms in total. The maximum Gasteiger partial charge on any atom is 0.255 e. The van der Waals surface area contributed by atoms with Gasteiger partial charge in [-0.05, 0) is 31.2 Å². The fraction of sp³-hybridized carbons (Fsp3) is 0.435. The molecule has 0 radical (unpaired) electrons. The summed E-state index contributed by atoms with van der Waals surface area (Å²) in [5.41, 5.74) is 2.69. The molecule has 0 spiro atoms. The summed E-state index contributed by atoms with van der Waals surface area (Å²) in [7, 11) is 0. The molecule has 3 atom stereocenters. The molecule has 3 aromatic heterocycles. The fourth-order valence-electron chi connectivity index (χ4n) is 3.81. The number of pyridine rings is 1. The van der Waals surface area contributed by atoms with Crippen molar-refractivity contribution in [1.82, 2.24) is 24.9 Å². The highest BCUT2D eigenvalue weighted by molar-refractivity contribution is 6.00. The van der Waals surface area contributed by atoms with Crippen molar-refractivity contribution in [2.75, 3.05) is 11.9 Å². The quantitative estimate of drug-likeness (QED) is 0.565. The van der Waals surface area contributed by atoms with Crippen LogP contribution in [0.5, 0.6) is 0 Å². The average molecular weight is 453 g/mol. The molecule has 1 fully saturated rings. The monoisotopic (exact) mass is 453 g/mol. The van der Waals surface area contributed by atoms with Crippen molar-refractivity contribution in [1.29, 1.82) is 5.26 Å². The van der Waals surface area contributed by atoms with Crippen LogP contribution in [0, 0.1) is 17.2 Å². The summed E-state index contributed by atoms with van der Waals surface area (Å²) in [6.07, 6.45) is 3.85. The Morgan fingerprint density at radius 1 is 1.27 bits per heavy atom. The van der Waals surface area contributed by atoms with Crippen molar-refractivity contribution < 1.29 is 13.6 Å². The van der Waals surface area contributed by atoms with Crippen LogP contribution in [0.15, 0.2) is 30.7 Å². The van der Waals surface area contributed by atoms with Gasteiger partial charge in [0.2, 0.25) is 0 Å². The van der Waals surface area contributed by atoms with Crippen LogP contribution < -0.4 is 10.6 Å². The molecule has 172 valence electrons. The van der Waals surface area contributed by atoms with Gasteiger partial charge in [0.1, 0.15) is 24.1 Å². The Hall–Kier alpha value is -3.61. The highest BCUT2D eigenvalue weighted by Crippen LogP contribution is 2.29. The smallest absolute Gasteiger partial charge is 0.255 e. The van der Waals surface area contributed by atoms with Gasteiger partial charge in [0, 0.05) is 24.8 Å². The van der Waals surface area contributed by atoms with Crippen molar-refractivity contribution in [3.05, 3.63) is 41.9 Å². The number of nitrogens with one attached hydrogen (secondary N) is 2. The topological polar surface area (TPSA) is 108 Å².